The summed E-state index contributed by atoms with van der Waals surface area (Å²) in [5.41, 5.74) is 0.512. The minimum absolute atomic E-state index is 0.512. The molecule has 2 heterocycles. The highest BCUT2D eigenvalue weighted by Crippen LogP contribution is 2.17. The largest absolute Gasteiger partial charge is 0.379 e. The predicted molar refractivity (Wildman–Crippen MR) is 54.0 cm³/mol. The summed E-state index contributed by atoms with van der Waals surface area (Å²) in [5, 5.41) is 10.0. The maximum Gasteiger partial charge on any atom is 0.155 e. The van der Waals surface area contributed by atoms with E-state index in [1.54, 1.807) is 24.8 Å². The first-order valence-electron chi connectivity index (χ1n) is 4.78. The summed E-state index contributed by atoms with van der Waals surface area (Å²) in [6.45, 7) is 2.77. The lowest BCUT2D eigenvalue weighted by Crippen LogP contribution is -2.10. The van der Waals surface area contributed by atoms with Gasteiger partial charge in [-0.2, -0.15) is 0 Å². The molecular formula is C10H12N4O. The standard InChI is InChI=1S/C10H12N4O/c1-2-14-6-5-13-10(14)9(15)8-7-11-3-4-12-8/h3-7,9,15H,2H2,1H3. The molecule has 5 heteroatoms. The SMILES string of the molecule is CCn1ccnc1C(O)c1cnccn1. The Morgan fingerprint density at radius 2 is 2.20 bits per heavy atom. The van der Waals surface area contributed by atoms with E-state index in [1.807, 2.05) is 17.7 Å². The lowest BCUT2D eigenvalue weighted by atomic mass is 10.2. The van der Waals surface area contributed by atoms with Gasteiger partial charge in [-0.1, -0.05) is 0 Å². The van der Waals surface area contributed by atoms with Gasteiger partial charge in [-0.3, -0.25) is 9.97 Å². The fourth-order valence-electron chi connectivity index (χ4n) is 1.42. The van der Waals surface area contributed by atoms with Gasteiger partial charge in [0.25, 0.3) is 0 Å². The van der Waals surface area contributed by atoms with Crippen LogP contribution in [0.25, 0.3) is 0 Å². The van der Waals surface area contributed by atoms with E-state index in [-0.39, 0.29) is 0 Å². The van der Waals surface area contributed by atoms with Crippen LogP contribution in [0.5, 0.6) is 0 Å². The Hall–Kier alpha value is -1.75. The van der Waals surface area contributed by atoms with Crippen LogP contribution in [-0.4, -0.2) is 24.6 Å². The molecule has 0 spiro atoms. The van der Waals surface area contributed by atoms with Crippen LogP contribution < -0.4 is 0 Å². The van der Waals surface area contributed by atoms with Gasteiger partial charge in [0.2, 0.25) is 0 Å². The topological polar surface area (TPSA) is 63.8 Å². The number of hydrogen-bond donors (Lipinski definition) is 1. The number of nitrogens with zero attached hydrogens (tertiary/aromatic N) is 4. The van der Waals surface area contributed by atoms with E-state index in [1.165, 1.54) is 0 Å². The molecule has 2 aromatic heterocycles. The minimum atomic E-state index is -0.811. The Morgan fingerprint density at radius 1 is 1.33 bits per heavy atom. The van der Waals surface area contributed by atoms with Gasteiger partial charge in [0.15, 0.2) is 6.10 Å². The zero-order valence-corrected chi connectivity index (χ0v) is 8.41. The van der Waals surface area contributed by atoms with E-state index in [9.17, 15) is 5.11 Å². The van der Waals surface area contributed by atoms with Gasteiger partial charge in [-0.15, -0.1) is 0 Å². The number of aliphatic hydroxyl groups is 1. The Morgan fingerprint density at radius 3 is 2.87 bits per heavy atom. The van der Waals surface area contributed by atoms with Crippen molar-refractivity contribution in [2.24, 2.45) is 0 Å². The molecule has 15 heavy (non-hydrogen) atoms. The van der Waals surface area contributed by atoms with Crippen molar-refractivity contribution in [1.82, 2.24) is 19.5 Å². The number of imidazole rings is 1. The van der Waals surface area contributed by atoms with Crippen LogP contribution in [0, 0.1) is 0 Å². The van der Waals surface area contributed by atoms with Crippen molar-refractivity contribution in [3.8, 4) is 0 Å². The third kappa shape index (κ3) is 1.87. The second-order valence-electron chi connectivity index (χ2n) is 3.10. The van der Waals surface area contributed by atoms with Gasteiger partial charge in [0.1, 0.15) is 5.82 Å². The van der Waals surface area contributed by atoms with Gasteiger partial charge in [0.05, 0.1) is 11.9 Å². The van der Waals surface area contributed by atoms with Crippen LogP contribution in [-0.2, 0) is 6.54 Å². The number of aliphatic hydroxyl groups excluding tert-OH is 1. The Kier molecular flexibility index (Phi) is 2.73. The smallest absolute Gasteiger partial charge is 0.155 e. The molecular weight excluding hydrogens is 192 g/mol. The monoisotopic (exact) mass is 204 g/mol. The van der Waals surface area contributed by atoms with E-state index in [0.29, 0.717) is 11.5 Å². The van der Waals surface area contributed by atoms with Crippen LogP contribution in [0.3, 0.4) is 0 Å². The summed E-state index contributed by atoms with van der Waals surface area (Å²) in [6.07, 6.45) is 7.35. The first kappa shape index (κ1) is 9.79. The fraction of sp³-hybridized carbons (Fsp3) is 0.300. The minimum Gasteiger partial charge on any atom is -0.379 e. The summed E-state index contributed by atoms with van der Waals surface area (Å²) in [4.78, 5) is 12.1. The molecule has 0 aliphatic rings. The highest BCUT2D eigenvalue weighted by Gasteiger charge is 2.16. The van der Waals surface area contributed by atoms with Crippen molar-refractivity contribution in [3.05, 3.63) is 42.5 Å². The van der Waals surface area contributed by atoms with E-state index in [4.69, 9.17) is 0 Å². The molecule has 5 nitrogen and oxygen atoms in total. The zero-order chi connectivity index (χ0) is 10.7. The average molecular weight is 204 g/mol. The van der Waals surface area contributed by atoms with Crippen molar-refractivity contribution >= 4 is 0 Å². The summed E-state index contributed by atoms with van der Waals surface area (Å²) < 4.78 is 1.87. The molecule has 0 aliphatic carbocycles. The first-order chi connectivity index (χ1) is 7.33. The van der Waals surface area contributed by atoms with Crippen LogP contribution >= 0.6 is 0 Å². The molecule has 0 bridgehead atoms. The summed E-state index contributed by atoms with van der Waals surface area (Å²) >= 11 is 0. The van der Waals surface area contributed by atoms with Crippen molar-refractivity contribution in [2.75, 3.05) is 0 Å². The van der Waals surface area contributed by atoms with Crippen LogP contribution in [0.2, 0.25) is 0 Å². The predicted octanol–water partition coefficient (Wildman–Crippen LogP) is 0.775. The van der Waals surface area contributed by atoms with E-state index >= 15 is 0 Å². The average Bonchev–Trinajstić information content (AvgIpc) is 2.77. The van der Waals surface area contributed by atoms with Crippen LogP contribution in [0.1, 0.15) is 24.5 Å². The molecule has 1 unspecified atom stereocenters. The van der Waals surface area contributed by atoms with Crippen molar-refractivity contribution < 1.29 is 5.11 Å². The maximum absolute atomic E-state index is 10.0. The lowest BCUT2D eigenvalue weighted by molar-refractivity contribution is 0.199. The third-order valence-corrected chi connectivity index (χ3v) is 2.20. The lowest BCUT2D eigenvalue weighted by Gasteiger charge is -2.10. The van der Waals surface area contributed by atoms with Gasteiger partial charge >= 0.3 is 0 Å². The highest BCUT2D eigenvalue weighted by atomic mass is 16.3. The highest BCUT2D eigenvalue weighted by molar-refractivity contribution is 5.11. The molecule has 78 valence electrons. The molecule has 0 saturated carbocycles. The van der Waals surface area contributed by atoms with Crippen LogP contribution in [0.15, 0.2) is 31.0 Å². The zero-order valence-electron chi connectivity index (χ0n) is 8.41. The Balaban J connectivity index is 2.32. The number of aryl methyl sites for hydroxylation is 1. The van der Waals surface area contributed by atoms with Gasteiger partial charge < -0.3 is 9.67 Å². The molecule has 1 atom stereocenters. The van der Waals surface area contributed by atoms with Crippen molar-refractivity contribution in [2.45, 2.75) is 19.6 Å². The summed E-state index contributed by atoms with van der Waals surface area (Å²) in [6, 6.07) is 0. The second kappa shape index (κ2) is 4.18. The molecule has 0 aromatic carbocycles. The first-order valence-corrected chi connectivity index (χ1v) is 4.78. The normalized spacial score (nSPS) is 12.7. The van der Waals surface area contributed by atoms with Crippen molar-refractivity contribution in [1.29, 1.82) is 0 Å². The molecule has 0 radical (unpaired) electrons. The summed E-state index contributed by atoms with van der Waals surface area (Å²) in [5.74, 6) is 0.595. The van der Waals surface area contributed by atoms with Crippen molar-refractivity contribution in [3.63, 3.8) is 0 Å². The molecule has 2 rings (SSSR count). The molecule has 2 aromatic rings. The molecule has 0 saturated heterocycles. The molecule has 0 aliphatic heterocycles. The quantitative estimate of drug-likeness (QED) is 0.802. The van der Waals surface area contributed by atoms with Crippen LogP contribution in [0.4, 0.5) is 0 Å². The molecule has 0 amide bonds. The number of hydrogen-bond acceptors (Lipinski definition) is 4. The second-order valence-corrected chi connectivity index (χ2v) is 3.10. The number of aromatic nitrogens is 4. The third-order valence-electron chi connectivity index (χ3n) is 2.20. The number of rotatable bonds is 3. The van der Waals surface area contributed by atoms with Gasteiger partial charge in [0, 0.05) is 31.3 Å². The van der Waals surface area contributed by atoms with E-state index in [0.717, 1.165) is 6.54 Å². The Labute approximate surface area is 87.5 Å². The summed E-state index contributed by atoms with van der Waals surface area (Å²) in [7, 11) is 0. The Bertz CT molecular complexity index is 426. The van der Waals surface area contributed by atoms with E-state index in [2.05, 4.69) is 15.0 Å². The maximum atomic E-state index is 10.0. The van der Waals surface area contributed by atoms with E-state index < -0.39 is 6.10 Å². The van der Waals surface area contributed by atoms with Gasteiger partial charge in [-0.25, -0.2) is 4.98 Å². The van der Waals surface area contributed by atoms with Gasteiger partial charge in [-0.05, 0) is 6.92 Å². The fourth-order valence-corrected chi connectivity index (χ4v) is 1.42. The molecule has 1 N–H and O–H groups in total. The molecule has 0 fully saturated rings.